The normalized spacial score (nSPS) is 21.7. The first-order valence-corrected chi connectivity index (χ1v) is 4.67. The molecule has 0 aromatic carbocycles. The molecule has 2 heterocycles. The molecular weight excluding hydrogens is 164 g/mol. The zero-order valence-corrected chi connectivity index (χ0v) is 7.57. The molecule has 0 saturated carbocycles. The Morgan fingerprint density at radius 3 is 3.00 bits per heavy atom. The van der Waals surface area contributed by atoms with Crippen molar-refractivity contribution in [2.24, 2.45) is 5.92 Å². The number of rotatable bonds is 3. The van der Waals surface area contributed by atoms with Crippen LogP contribution in [0.15, 0.2) is 24.5 Å². The van der Waals surface area contributed by atoms with Crippen molar-refractivity contribution in [3.63, 3.8) is 0 Å². The van der Waals surface area contributed by atoms with Crippen molar-refractivity contribution in [1.29, 1.82) is 0 Å². The highest BCUT2D eigenvalue weighted by molar-refractivity contribution is 5.40. The van der Waals surface area contributed by atoms with Gasteiger partial charge in [0.25, 0.3) is 0 Å². The predicted molar refractivity (Wildman–Crippen MR) is 51.7 cm³/mol. The third-order valence-electron chi connectivity index (χ3n) is 2.30. The molecule has 1 unspecified atom stereocenters. The summed E-state index contributed by atoms with van der Waals surface area (Å²) in [7, 11) is 0. The zero-order valence-electron chi connectivity index (χ0n) is 7.57. The monoisotopic (exact) mass is 178 g/mol. The summed E-state index contributed by atoms with van der Waals surface area (Å²) in [4.78, 5) is 3.96. The Hall–Kier alpha value is -1.09. The summed E-state index contributed by atoms with van der Waals surface area (Å²) < 4.78 is 5.29. The van der Waals surface area contributed by atoms with Gasteiger partial charge in [0.05, 0.1) is 6.61 Å². The second-order valence-corrected chi connectivity index (χ2v) is 3.35. The largest absolute Gasteiger partial charge is 0.385 e. The van der Waals surface area contributed by atoms with Gasteiger partial charge in [0.1, 0.15) is 0 Å². The van der Waals surface area contributed by atoms with E-state index in [1.807, 2.05) is 12.1 Å². The molecule has 1 aromatic rings. The summed E-state index contributed by atoms with van der Waals surface area (Å²) in [5.41, 5.74) is 1.14. The standard InChI is InChI=1S/C10H14N2O/c1-4-11-5-2-10(1)12-7-9-3-6-13-8-9/h1-2,4-5,9H,3,6-8H2,(H,11,12). The zero-order chi connectivity index (χ0) is 8.93. The van der Waals surface area contributed by atoms with Crippen molar-refractivity contribution in [1.82, 2.24) is 4.98 Å². The van der Waals surface area contributed by atoms with Gasteiger partial charge in [0, 0.05) is 37.2 Å². The molecule has 13 heavy (non-hydrogen) atoms. The third kappa shape index (κ3) is 2.42. The number of nitrogens with zero attached hydrogens (tertiary/aromatic N) is 1. The number of pyridine rings is 1. The van der Waals surface area contributed by atoms with E-state index >= 15 is 0 Å². The lowest BCUT2D eigenvalue weighted by atomic mass is 10.1. The highest BCUT2D eigenvalue weighted by Crippen LogP contribution is 2.13. The van der Waals surface area contributed by atoms with Crippen LogP contribution in [-0.2, 0) is 4.74 Å². The molecule has 1 saturated heterocycles. The minimum atomic E-state index is 0.674. The first-order chi connectivity index (χ1) is 6.45. The van der Waals surface area contributed by atoms with Gasteiger partial charge in [-0.25, -0.2) is 0 Å². The van der Waals surface area contributed by atoms with E-state index in [0.29, 0.717) is 5.92 Å². The highest BCUT2D eigenvalue weighted by Gasteiger charge is 2.14. The summed E-state index contributed by atoms with van der Waals surface area (Å²) in [6, 6.07) is 3.96. The maximum atomic E-state index is 5.29. The molecule has 3 nitrogen and oxygen atoms in total. The molecule has 1 aliphatic heterocycles. The molecule has 0 spiro atoms. The Bertz CT molecular complexity index is 244. The van der Waals surface area contributed by atoms with E-state index < -0.39 is 0 Å². The molecule has 3 heteroatoms. The average molecular weight is 178 g/mol. The number of nitrogens with one attached hydrogen (secondary N) is 1. The molecule has 0 radical (unpaired) electrons. The molecular formula is C10H14N2O. The summed E-state index contributed by atoms with van der Waals surface area (Å²) >= 11 is 0. The first-order valence-electron chi connectivity index (χ1n) is 4.67. The number of aromatic nitrogens is 1. The van der Waals surface area contributed by atoms with E-state index in [4.69, 9.17) is 4.74 Å². The Labute approximate surface area is 78.1 Å². The van der Waals surface area contributed by atoms with Crippen molar-refractivity contribution in [3.8, 4) is 0 Å². The minimum Gasteiger partial charge on any atom is -0.385 e. The Morgan fingerprint density at radius 1 is 1.46 bits per heavy atom. The fraction of sp³-hybridized carbons (Fsp3) is 0.500. The fourth-order valence-electron chi connectivity index (χ4n) is 1.48. The maximum absolute atomic E-state index is 5.29. The van der Waals surface area contributed by atoms with Crippen molar-refractivity contribution < 1.29 is 4.74 Å². The summed E-state index contributed by atoms with van der Waals surface area (Å²) in [5, 5.41) is 3.37. The van der Waals surface area contributed by atoms with Crippen molar-refractivity contribution in [2.75, 3.05) is 25.1 Å². The summed E-state index contributed by atoms with van der Waals surface area (Å²) in [6.45, 7) is 2.82. The smallest absolute Gasteiger partial charge is 0.0511 e. The molecule has 0 bridgehead atoms. The predicted octanol–water partition coefficient (Wildman–Crippen LogP) is 1.53. The van der Waals surface area contributed by atoms with Crippen LogP contribution in [0, 0.1) is 5.92 Å². The molecule has 1 atom stereocenters. The van der Waals surface area contributed by atoms with Gasteiger partial charge in [0.15, 0.2) is 0 Å². The van der Waals surface area contributed by atoms with Crippen LogP contribution in [0.3, 0.4) is 0 Å². The quantitative estimate of drug-likeness (QED) is 0.762. The van der Waals surface area contributed by atoms with Crippen LogP contribution < -0.4 is 5.32 Å². The van der Waals surface area contributed by atoms with E-state index in [1.165, 1.54) is 6.42 Å². The second kappa shape index (κ2) is 4.23. The van der Waals surface area contributed by atoms with Crippen LogP contribution in [0.1, 0.15) is 6.42 Å². The molecule has 1 N–H and O–H groups in total. The first kappa shape index (κ1) is 8.51. The molecule has 0 aliphatic carbocycles. The van der Waals surface area contributed by atoms with Crippen molar-refractivity contribution >= 4 is 5.69 Å². The number of anilines is 1. The molecule has 70 valence electrons. The lowest BCUT2D eigenvalue weighted by Gasteiger charge is -2.09. The lowest BCUT2D eigenvalue weighted by molar-refractivity contribution is 0.187. The number of hydrogen-bond acceptors (Lipinski definition) is 3. The SMILES string of the molecule is c1cc(NCC2CCOC2)ccn1. The van der Waals surface area contributed by atoms with Gasteiger partial charge in [0.2, 0.25) is 0 Å². The van der Waals surface area contributed by atoms with Crippen LogP contribution >= 0.6 is 0 Å². The molecule has 1 aromatic heterocycles. The van der Waals surface area contributed by atoms with E-state index in [1.54, 1.807) is 12.4 Å². The molecule has 0 amide bonds. The van der Waals surface area contributed by atoms with Crippen LogP contribution in [0.2, 0.25) is 0 Å². The molecule has 1 fully saturated rings. The van der Waals surface area contributed by atoms with Gasteiger partial charge in [-0.2, -0.15) is 0 Å². The average Bonchev–Trinajstić information content (AvgIpc) is 2.69. The number of ether oxygens (including phenoxy) is 1. The Kier molecular flexibility index (Phi) is 2.77. The van der Waals surface area contributed by atoms with Crippen LogP contribution in [-0.4, -0.2) is 24.7 Å². The minimum absolute atomic E-state index is 0.674. The lowest BCUT2D eigenvalue weighted by Crippen LogP contribution is -2.13. The third-order valence-corrected chi connectivity index (χ3v) is 2.30. The van der Waals surface area contributed by atoms with Crippen molar-refractivity contribution in [3.05, 3.63) is 24.5 Å². The maximum Gasteiger partial charge on any atom is 0.0511 e. The summed E-state index contributed by atoms with van der Waals surface area (Å²) in [6.07, 6.45) is 4.78. The van der Waals surface area contributed by atoms with Gasteiger partial charge in [-0.15, -0.1) is 0 Å². The molecule has 2 rings (SSSR count). The topological polar surface area (TPSA) is 34.1 Å². The fourth-order valence-corrected chi connectivity index (χ4v) is 1.48. The number of hydrogen-bond donors (Lipinski definition) is 1. The van der Waals surface area contributed by atoms with Gasteiger partial charge in [-0.05, 0) is 18.6 Å². The van der Waals surface area contributed by atoms with Gasteiger partial charge >= 0.3 is 0 Å². The van der Waals surface area contributed by atoms with E-state index in [-0.39, 0.29) is 0 Å². The molecule has 1 aliphatic rings. The highest BCUT2D eigenvalue weighted by atomic mass is 16.5. The Morgan fingerprint density at radius 2 is 2.31 bits per heavy atom. The van der Waals surface area contributed by atoms with Crippen LogP contribution in [0.5, 0.6) is 0 Å². The van der Waals surface area contributed by atoms with E-state index in [0.717, 1.165) is 25.4 Å². The van der Waals surface area contributed by atoms with Crippen molar-refractivity contribution in [2.45, 2.75) is 6.42 Å². The van der Waals surface area contributed by atoms with Gasteiger partial charge in [-0.3, -0.25) is 4.98 Å². The van der Waals surface area contributed by atoms with E-state index in [9.17, 15) is 0 Å². The van der Waals surface area contributed by atoms with Crippen LogP contribution in [0.25, 0.3) is 0 Å². The summed E-state index contributed by atoms with van der Waals surface area (Å²) in [5.74, 6) is 0.674. The Balaban J connectivity index is 1.79. The van der Waals surface area contributed by atoms with Gasteiger partial charge < -0.3 is 10.1 Å². The van der Waals surface area contributed by atoms with Gasteiger partial charge in [-0.1, -0.05) is 0 Å². The second-order valence-electron chi connectivity index (χ2n) is 3.35. The van der Waals surface area contributed by atoms with Crippen LogP contribution in [0.4, 0.5) is 5.69 Å². The van der Waals surface area contributed by atoms with E-state index in [2.05, 4.69) is 10.3 Å².